The lowest BCUT2D eigenvalue weighted by molar-refractivity contribution is -0.0610. The van der Waals surface area contributed by atoms with Crippen molar-refractivity contribution in [1.82, 2.24) is 14.5 Å². The summed E-state index contributed by atoms with van der Waals surface area (Å²) in [6, 6.07) is 8.48. The number of allylic oxidation sites excluding steroid dienone is 1. The fourth-order valence-corrected chi connectivity index (χ4v) is 7.77. The third-order valence-electron chi connectivity index (χ3n) is 8.57. The Kier molecular flexibility index (Phi) is 6.84. The number of ether oxygens (including phenoxy) is 1. The second-order valence-electron chi connectivity index (χ2n) is 10.8. The van der Waals surface area contributed by atoms with E-state index in [0.29, 0.717) is 23.9 Å². The number of nitrogens with zero attached hydrogens (tertiary/aromatic N) is 3. The van der Waals surface area contributed by atoms with Gasteiger partial charge in [-0.3, -0.25) is 10.3 Å². The van der Waals surface area contributed by atoms with E-state index in [1.165, 1.54) is 32.1 Å². The molecular formula is C28H36N4O3S. The highest BCUT2D eigenvalue weighted by Crippen LogP contribution is 2.43. The predicted octanol–water partition coefficient (Wildman–Crippen LogP) is 4.52. The topological polar surface area (TPSA) is 85.6 Å². The Morgan fingerprint density at radius 3 is 2.72 bits per heavy atom. The molecule has 6 unspecified atom stereocenters. The van der Waals surface area contributed by atoms with E-state index in [0.717, 1.165) is 35.5 Å². The third-order valence-corrected chi connectivity index (χ3v) is 10.1. The Balaban J connectivity index is 1.18. The minimum atomic E-state index is -3.70. The molecule has 0 amide bonds. The van der Waals surface area contributed by atoms with Gasteiger partial charge in [-0.2, -0.15) is 17.6 Å². The largest absolute Gasteiger partial charge is 0.374 e. The van der Waals surface area contributed by atoms with Crippen molar-refractivity contribution >= 4 is 16.2 Å². The number of fused-ring (bicyclic) bond motifs is 1. The number of rotatable bonds is 6. The van der Waals surface area contributed by atoms with Crippen LogP contribution >= 0.6 is 0 Å². The highest BCUT2D eigenvalue weighted by molar-refractivity contribution is 7.89. The highest BCUT2D eigenvalue weighted by atomic mass is 32.2. The smallest absolute Gasteiger partial charge is 0.282 e. The predicted molar refractivity (Wildman–Crippen MR) is 139 cm³/mol. The molecule has 2 fully saturated rings. The summed E-state index contributed by atoms with van der Waals surface area (Å²) >= 11 is 0. The summed E-state index contributed by atoms with van der Waals surface area (Å²) in [7, 11) is -3.70. The fraction of sp³-hybridized carbons (Fsp3) is 0.571. The molecule has 36 heavy (non-hydrogen) atoms. The number of benzene rings is 1. The highest BCUT2D eigenvalue weighted by Gasteiger charge is 2.43. The standard InChI is InChI=1S/C28H36N4O3S/c33-36(34,23-11-5-2-6-12-23)32-19-21(17-31-32)26-18-30-28-25(26)15-20(16-29-28)24-13-7-8-14-27(24)35-22-9-3-1-4-10-22/h2,5-7,11-13,16-17,19-20,22,24-28,30H,1,3-4,8-10,14-15,18H2. The van der Waals surface area contributed by atoms with Crippen LogP contribution in [0.2, 0.25) is 0 Å². The Labute approximate surface area is 214 Å². The molecular weight excluding hydrogens is 472 g/mol. The van der Waals surface area contributed by atoms with E-state index < -0.39 is 10.0 Å². The molecule has 1 N–H and O–H groups in total. The first kappa shape index (κ1) is 24.1. The number of nitrogens with one attached hydrogen (secondary N) is 1. The van der Waals surface area contributed by atoms with E-state index in [-0.39, 0.29) is 23.1 Å². The van der Waals surface area contributed by atoms with Gasteiger partial charge in [0.1, 0.15) is 6.17 Å². The van der Waals surface area contributed by atoms with Crippen LogP contribution in [0.3, 0.4) is 0 Å². The van der Waals surface area contributed by atoms with Crippen LogP contribution in [-0.4, -0.2) is 48.7 Å². The molecule has 8 heteroatoms. The molecule has 4 aliphatic rings. The Bertz CT molecular complexity index is 1200. The van der Waals surface area contributed by atoms with Crippen LogP contribution in [-0.2, 0) is 14.8 Å². The Morgan fingerprint density at radius 2 is 1.89 bits per heavy atom. The van der Waals surface area contributed by atoms with E-state index in [4.69, 9.17) is 9.73 Å². The number of aromatic nitrogens is 2. The van der Waals surface area contributed by atoms with Gasteiger partial charge in [0.05, 0.1) is 23.3 Å². The van der Waals surface area contributed by atoms with E-state index in [9.17, 15) is 8.42 Å². The number of hydrogen-bond acceptors (Lipinski definition) is 6. The zero-order valence-electron chi connectivity index (χ0n) is 20.7. The van der Waals surface area contributed by atoms with E-state index in [2.05, 4.69) is 28.8 Å². The van der Waals surface area contributed by atoms with E-state index >= 15 is 0 Å². The van der Waals surface area contributed by atoms with Crippen molar-refractivity contribution in [3.8, 4) is 0 Å². The van der Waals surface area contributed by atoms with Crippen molar-refractivity contribution < 1.29 is 13.2 Å². The Hall–Kier alpha value is -2.29. The molecule has 2 aromatic rings. The van der Waals surface area contributed by atoms with Crippen molar-refractivity contribution in [3.05, 3.63) is 60.4 Å². The van der Waals surface area contributed by atoms with Gasteiger partial charge in [-0.1, -0.05) is 49.6 Å². The number of aliphatic imine (C=N–C) groups is 1. The summed E-state index contributed by atoms with van der Waals surface area (Å²) in [5.41, 5.74) is 0.958. The van der Waals surface area contributed by atoms with Gasteiger partial charge in [-0.05, 0) is 49.8 Å². The van der Waals surface area contributed by atoms with Crippen LogP contribution in [0.5, 0.6) is 0 Å². The van der Waals surface area contributed by atoms with Gasteiger partial charge in [-0.25, -0.2) is 0 Å². The Morgan fingerprint density at radius 1 is 1.06 bits per heavy atom. The van der Waals surface area contributed by atoms with Gasteiger partial charge in [-0.15, -0.1) is 0 Å². The minimum absolute atomic E-state index is 0.0746. The van der Waals surface area contributed by atoms with Crippen molar-refractivity contribution in [2.45, 2.75) is 80.6 Å². The molecule has 192 valence electrons. The summed E-state index contributed by atoms with van der Waals surface area (Å²) in [5.74, 6) is 1.18. The second kappa shape index (κ2) is 10.2. The van der Waals surface area contributed by atoms with Crippen LogP contribution in [0.25, 0.3) is 0 Å². The molecule has 0 spiro atoms. The maximum absolute atomic E-state index is 13.0. The average molecular weight is 509 g/mol. The van der Waals surface area contributed by atoms with Crippen LogP contribution < -0.4 is 5.32 Å². The molecule has 6 atom stereocenters. The van der Waals surface area contributed by atoms with Gasteiger partial charge >= 0.3 is 0 Å². The normalized spacial score (nSPS) is 33.0. The first-order valence-corrected chi connectivity index (χ1v) is 15.0. The average Bonchev–Trinajstić information content (AvgIpc) is 3.58. The van der Waals surface area contributed by atoms with Gasteiger partial charge < -0.3 is 4.74 Å². The third kappa shape index (κ3) is 4.71. The molecule has 1 aromatic carbocycles. The van der Waals surface area contributed by atoms with E-state index in [1.807, 2.05) is 6.07 Å². The fourth-order valence-electron chi connectivity index (χ4n) is 6.62. The zero-order chi connectivity index (χ0) is 24.5. The van der Waals surface area contributed by atoms with Crippen LogP contribution in [0.15, 0.2) is 64.8 Å². The first-order valence-electron chi connectivity index (χ1n) is 13.5. The maximum atomic E-state index is 13.0. The lowest BCUT2D eigenvalue weighted by Gasteiger charge is -2.39. The van der Waals surface area contributed by atoms with Crippen molar-refractivity contribution in [2.24, 2.45) is 22.7 Å². The van der Waals surface area contributed by atoms with Crippen molar-refractivity contribution in [3.63, 3.8) is 0 Å². The molecule has 3 heterocycles. The van der Waals surface area contributed by atoms with E-state index in [1.54, 1.807) is 36.7 Å². The van der Waals surface area contributed by atoms with Crippen LogP contribution in [0, 0.1) is 17.8 Å². The lowest BCUT2D eigenvalue weighted by Crippen LogP contribution is -2.40. The summed E-state index contributed by atoms with van der Waals surface area (Å²) in [4.78, 5) is 5.18. The van der Waals surface area contributed by atoms with Crippen molar-refractivity contribution in [1.29, 1.82) is 0 Å². The molecule has 2 aliphatic carbocycles. The monoisotopic (exact) mass is 508 g/mol. The molecule has 7 nitrogen and oxygen atoms in total. The quantitative estimate of drug-likeness (QED) is 0.580. The summed E-state index contributed by atoms with van der Waals surface area (Å²) in [6.07, 6.45) is 20.5. The lowest BCUT2D eigenvalue weighted by atomic mass is 9.73. The second-order valence-corrected chi connectivity index (χ2v) is 12.6. The van der Waals surface area contributed by atoms with Gasteiger partial charge in [0, 0.05) is 42.6 Å². The van der Waals surface area contributed by atoms with Crippen molar-refractivity contribution in [2.75, 3.05) is 6.54 Å². The molecule has 0 radical (unpaired) electrons. The first-order chi connectivity index (χ1) is 17.6. The molecule has 1 saturated heterocycles. The molecule has 6 rings (SSSR count). The number of hydrogen-bond donors (Lipinski definition) is 1. The van der Waals surface area contributed by atoms with Gasteiger partial charge in [0.15, 0.2) is 0 Å². The molecule has 1 saturated carbocycles. The molecule has 1 aromatic heterocycles. The summed E-state index contributed by atoms with van der Waals surface area (Å²) in [6.45, 7) is 0.777. The SMILES string of the molecule is O=S(=O)(c1ccccc1)n1cc(C2CNC3N=CC(C4C=CCCC4OC4CCCCC4)CC32)cn1. The zero-order valence-corrected chi connectivity index (χ0v) is 21.5. The van der Waals surface area contributed by atoms with Crippen LogP contribution in [0.1, 0.15) is 62.8 Å². The van der Waals surface area contributed by atoms with Gasteiger partial charge in [0.25, 0.3) is 10.0 Å². The summed E-state index contributed by atoms with van der Waals surface area (Å²) in [5, 5.41) is 7.82. The van der Waals surface area contributed by atoms with Crippen LogP contribution in [0.4, 0.5) is 0 Å². The molecule has 0 bridgehead atoms. The van der Waals surface area contributed by atoms with Gasteiger partial charge in [0.2, 0.25) is 0 Å². The summed E-state index contributed by atoms with van der Waals surface area (Å²) < 4.78 is 33.9. The minimum Gasteiger partial charge on any atom is -0.374 e. The maximum Gasteiger partial charge on any atom is 0.282 e. The molecule has 2 aliphatic heterocycles.